The summed E-state index contributed by atoms with van der Waals surface area (Å²) in [6.45, 7) is 0. The average Bonchev–Trinajstić information content (AvgIpc) is 2.39. The molecule has 0 unspecified atom stereocenters. The average molecular weight is 340 g/mol. The number of carbonyl (C=O) groups is 1. The van der Waals surface area contributed by atoms with Crippen LogP contribution < -0.4 is 0 Å². The van der Waals surface area contributed by atoms with Crippen molar-refractivity contribution >= 4 is 21.9 Å². The number of halogens is 2. The Hall–Kier alpha value is -1.79. The molecule has 1 heterocycles. The molecular formula is C14H11BrFNO3. The predicted octanol–water partition coefficient (Wildman–Crippen LogP) is 2.89. The molecule has 2 rings (SSSR count). The highest BCUT2D eigenvalue weighted by Crippen LogP contribution is 2.32. The number of nitrogens with zero attached hydrogens (tertiary/aromatic N) is 1. The van der Waals surface area contributed by atoms with Crippen molar-refractivity contribution in [2.24, 2.45) is 0 Å². The van der Waals surface area contributed by atoms with E-state index in [1.807, 2.05) is 0 Å². The number of carboxylic acids is 1. The van der Waals surface area contributed by atoms with Crippen molar-refractivity contribution in [2.45, 2.75) is 12.0 Å². The molecular weight excluding hydrogens is 329 g/mol. The topological polar surface area (TPSA) is 70.4 Å². The lowest BCUT2D eigenvalue weighted by Gasteiger charge is -2.19. The van der Waals surface area contributed by atoms with Crippen molar-refractivity contribution in [3.05, 3.63) is 64.1 Å². The summed E-state index contributed by atoms with van der Waals surface area (Å²) in [7, 11) is 0. The zero-order valence-electron chi connectivity index (χ0n) is 10.2. The molecule has 0 saturated heterocycles. The maximum atomic E-state index is 12.9. The number of carboxylic acid groups (broad SMARTS) is 1. The van der Waals surface area contributed by atoms with Crippen LogP contribution in [0.2, 0.25) is 0 Å². The lowest BCUT2D eigenvalue weighted by atomic mass is 9.90. The number of aromatic nitrogens is 1. The van der Waals surface area contributed by atoms with E-state index in [9.17, 15) is 19.4 Å². The minimum absolute atomic E-state index is 0.332. The zero-order chi connectivity index (χ0) is 14.7. The van der Waals surface area contributed by atoms with Gasteiger partial charge in [0.05, 0.1) is 6.10 Å². The van der Waals surface area contributed by atoms with E-state index < -0.39 is 23.8 Å². The van der Waals surface area contributed by atoms with Crippen molar-refractivity contribution < 1.29 is 19.4 Å². The van der Waals surface area contributed by atoms with Crippen molar-refractivity contribution in [3.8, 4) is 0 Å². The molecule has 0 aliphatic rings. The highest BCUT2D eigenvalue weighted by molar-refractivity contribution is 9.10. The van der Waals surface area contributed by atoms with Crippen LogP contribution in [0.15, 0.2) is 47.2 Å². The third-order valence-electron chi connectivity index (χ3n) is 2.88. The molecule has 1 aromatic carbocycles. The molecule has 0 aliphatic carbocycles. The fourth-order valence-electron chi connectivity index (χ4n) is 1.91. The van der Waals surface area contributed by atoms with Gasteiger partial charge in [-0.2, -0.15) is 0 Å². The maximum absolute atomic E-state index is 12.9. The normalized spacial score (nSPS) is 13.8. The summed E-state index contributed by atoms with van der Waals surface area (Å²) in [4.78, 5) is 15.3. The molecule has 20 heavy (non-hydrogen) atoms. The minimum Gasteiger partial charge on any atom is -0.481 e. The van der Waals surface area contributed by atoms with Crippen LogP contribution in [-0.2, 0) is 4.79 Å². The van der Waals surface area contributed by atoms with E-state index in [4.69, 9.17) is 0 Å². The van der Waals surface area contributed by atoms with Gasteiger partial charge in [0.2, 0.25) is 0 Å². The number of aliphatic hydroxyl groups excluding tert-OH is 1. The molecule has 0 bridgehead atoms. The van der Waals surface area contributed by atoms with E-state index in [0.717, 1.165) is 0 Å². The Morgan fingerprint density at radius 3 is 2.40 bits per heavy atom. The smallest absolute Gasteiger partial charge is 0.314 e. The summed E-state index contributed by atoms with van der Waals surface area (Å²) in [6, 6.07) is 6.66. The van der Waals surface area contributed by atoms with Crippen LogP contribution in [0.4, 0.5) is 4.39 Å². The SMILES string of the molecule is O=C(O)[C@H](c1cncc(Br)c1)[C@H](O)c1ccc(F)cc1. The first-order valence-electron chi connectivity index (χ1n) is 5.76. The van der Waals surface area contributed by atoms with Crippen molar-refractivity contribution in [2.75, 3.05) is 0 Å². The van der Waals surface area contributed by atoms with Gasteiger partial charge in [-0.05, 0) is 45.3 Å². The largest absolute Gasteiger partial charge is 0.481 e. The molecule has 0 aliphatic heterocycles. The van der Waals surface area contributed by atoms with E-state index in [2.05, 4.69) is 20.9 Å². The number of aliphatic carboxylic acids is 1. The molecule has 0 fully saturated rings. The summed E-state index contributed by atoms with van der Waals surface area (Å²) >= 11 is 3.21. The van der Waals surface area contributed by atoms with Gasteiger partial charge < -0.3 is 10.2 Å². The Morgan fingerprint density at radius 2 is 1.85 bits per heavy atom. The first-order valence-corrected chi connectivity index (χ1v) is 6.55. The van der Waals surface area contributed by atoms with Gasteiger partial charge in [0.1, 0.15) is 11.7 Å². The van der Waals surface area contributed by atoms with Crippen LogP contribution in [0.3, 0.4) is 0 Å². The van der Waals surface area contributed by atoms with E-state index in [1.54, 1.807) is 6.07 Å². The molecule has 6 heteroatoms. The Labute approximate surface area is 123 Å². The van der Waals surface area contributed by atoms with Gasteiger partial charge in [-0.3, -0.25) is 9.78 Å². The molecule has 0 radical (unpaired) electrons. The van der Waals surface area contributed by atoms with Gasteiger partial charge in [-0.25, -0.2) is 4.39 Å². The quantitative estimate of drug-likeness (QED) is 0.898. The second-order valence-corrected chi connectivity index (χ2v) is 5.16. The van der Waals surface area contributed by atoms with Gasteiger partial charge in [0, 0.05) is 16.9 Å². The molecule has 1 aromatic heterocycles. The van der Waals surface area contributed by atoms with E-state index in [-0.39, 0.29) is 0 Å². The molecule has 0 spiro atoms. The lowest BCUT2D eigenvalue weighted by Crippen LogP contribution is -2.20. The van der Waals surface area contributed by atoms with Crippen LogP contribution in [0, 0.1) is 5.82 Å². The summed E-state index contributed by atoms with van der Waals surface area (Å²) in [5.41, 5.74) is 0.697. The zero-order valence-corrected chi connectivity index (χ0v) is 11.8. The number of pyridine rings is 1. The molecule has 104 valence electrons. The van der Waals surface area contributed by atoms with E-state index in [0.29, 0.717) is 15.6 Å². The minimum atomic E-state index is -1.29. The van der Waals surface area contributed by atoms with Crippen LogP contribution in [0.5, 0.6) is 0 Å². The van der Waals surface area contributed by atoms with Gasteiger partial charge >= 0.3 is 5.97 Å². The molecule has 2 atom stereocenters. The third kappa shape index (κ3) is 3.20. The molecule has 2 N–H and O–H groups in total. The number of aliphatic hydroxyl groups is 1. The summed E-state index contributed by atoms with van der Waals surface area (Å²) in [6.07, 6.45) is 1.62. The third-order valence-corrected chi connectivity index (χ3v) is 3.31. The first kappa shape index (κ1) is 14.6. The number of hydrogen-bond donors (Lipinski definition) is 2. The molecule has 0 amide bonds. The Kier molecular flexibility index (Phi) is 4.46. The van der Waals surface area contributed by atoms with Crippen molar-refractivity contribution in [1.82, 2.24) is 4.98 Å². The maximum Gasteiger partial charge on any atom is 0.314 e. The fraction of sp³-hybridized carbons (Fsp3) is 0.143. The van der Waals surface area contributed by atoms with Gasteiger partial charge in [-0.15, -0.1) is 0 Å². The van der Waals surface area contributed by atoms with Crippen LogP contribution >= 0.6 is 15.9 Å². The monoisotopic (exact) mass is 339 g/mol. The number of benzene rings is 1. The molecule has 2 aromatic rings. The first-order chi connectivity index (χ1) is 9.49. The number of rotatable bonds is 4. The summed E-state index contributed by atoms with van der Waals surface area (Å²) in [5.74, 6) is -2.80. The molecule has 0 saturated carbocycles. The van der Waals surface area contributed by atoms with Crippen LogP contribution in [0.25, 0.3) is 0 Å². The summed E-state index contributed by atoms with van der Waals surface area (Å²) < 4.78 is 13.5. The number of hydrogen-bond acceptors (Lipinski definition) is 3. The Bertz CT molecular complexity index is 618. The van der Waals surface area contributed by atoms with Gasteiger partial charge in [0.25, 0.3) is 0 Å². The lowest BCUT2D eigenvalue weighted by molar-refractivity contribution is -0.141. The Morgan fingerprint density at radius 1 is 1.20 bits per heavy atom. The van der Waals surface area contributed by atoms with Crippen LogP contribution in [0.1, 0.15) is 23.1 Å². The fourth-order valence-corrected chi connectivity index (χ4v) is 2.29. The standard InChI is InChI=1S/C14H11BrFNO3/c15-10-5-9(6-17-7-10)12(14(19)20)13(18)8-1-3-11(16)4-2-8/h1-7,12-13,18H,(H,19,20)/t12-,13-/m1/s1. The van der Waals surface area contributed by atoms with Gasteiger partial charge in [0.15, 0.2) is 0 Å². The highest BCUT2D eigenvalue weighted by Gasteiger charge is 2.30. The summed E-state index contributed by atoms with van der Waals surface area (Å²) in [5, 5.41) is 19.6. The van der Waals surface area contributed by atoms with Gasteiger partial charge in [-0.1, -0.05) is 12.1 Å². The van der Waals surface area contributed by atoms with Crippen molar-refractivity contribution in [3.63, 3.8) is 0 Å². The second kappa shape index (κ2) is 6.11. The Balaban J connectivity index is 2.38. The van der Waals surface area contributed by atoms with Crippen molar-refractivity contribution in [1.29, 1.82) is 0 Å². The molecule has 4 nitrogen and oxygen atoms in total. The predicted molar refractivity (Wildman–Crippen MR) is 73.7 cm³/mol. The van der Waals surface area contributed by atoms with Crippen LogP contribution in [-0.4, -0.2) is 21.2 Å². The van der Waals surface area contributed by atoms with E-state index in [1.165, 1.54) is 36.7 Å². The van der Waals surface area contributed by atoms with E-state index >= 15 is 0 Å². The highest BCUT2D eigenvalue weighted by atomic mass is 79.9. The second-order valence-electron chi connectivity index (χ2n) is 4.25.